The Hall–Kier alpha value is -2.96. The lowest BCUT2D eigenvalue weighted by atomic mass is 10.2. The van der Waals surface area contributed by atoms with Gasteiger partial charge in [0.1, 0.15) is 5.69 Å². The molecule has 132 valence electrons. The van der Waals surface area contributed by atoms with Gasteiger partial charge in [-0.25, -0.2) is 4.79 Å². The zero-order valence-electron chi connectivity index (χ0n) is 14.3. The highest BCUT2D eigenvalue weighted by molar-refractivity contribution is 5.72. The fourth-order valence-corrected chi connectivity index (χ4v) is 2.64. The van der Waals surface area contributed by atoms with Gasteiger partial charge in [-0.05, 0) is 24.5 Å². The Balaban J connectivity index is 2.75. The van der Waals surface area contributed by atoms with E-state index in [4.69, 9.17) is 0 Å². The molecule has 0 aliphatic heterocycles. The standard InChI is InChI=1S/C18H21N3O4/c1-3-12-19-15(11-10-14-8-6-5-7-9-14)16(21(24)25)17(22)20(13-4-2)18(19)23/h5-11H,3-4,12-13H2,1-2H3/b11-10+. The number of nitro groups is 1. The van der Waals surface area contributed by atoms with Crippen LogP contribution in [-0.2, 0) is 13.1 Å². The average Bonchev–Trinajstić information content (AvgIpc) is 2.60. The number of hydrogen-bond acceptors (Lipinski definition) is 4. The first-order chi connectivity index (χ1) is 12.0. The average molecular weight is 343 g/mol. The summed E-state index contributed by atoms with van der Waals surface area (Å²) in [5.74, 6) is 0. The minimum absolute atomic E-state index is 0.0399. The molecule has 0 N–H and O–H groups in total. The Labute approximate surface area is 145 Å². The lowest BCUT2D eigenvalue weighted by Gasteiger charge is -2.13. The van der Waals surface area contributed by atoms with E-state index in [1.807, 2.05) is 44.2 Å². The van der Waals surface area contributed by atoms with Gasteiger partial charge in [-0.3, -0.25) is 24.0 Å². The van der Waals surface area contributed by atoms with Crippen LogP contribution in [0.5, 0.6) is 0 Å². The van der Waals surface area contributed by atoms with Crippen LogP contribution in [0.2, 0.25) is 0 Å². The zero-order valence-corrected chi connectivity index (χ0v) is 14.3. The molecule has 1 aromatic carbocycles. The SMILES string of the molecule is CCCn1c(/C=C/c2ccccc2)c([N+](=O)[O-])c(=O)n(CCC)c1=O. The molecule has 2 rings (SSSR count). The molecule has 1 aromatic heterocycles. The Bertz CT molecular complexity index is 895. The number of aromatic nitrogens is 2. The van der Waals surface area contributed by atoms with E-state index in [2.05, 4.69) is 0 Å². The maximum Gasteiger partial charge on any atom is 0.357 e. The van der Waals surface area contributed by atoms with Gasteiger partial charge < -0.3 is 0 Å². The molecule has 0 saturated heterocycles. The first-order valence-corrected chi connectivity index (χ1v) is 8.26. The Morgan fingerprint density at radius 3 is 2.16 bits per heavy atom. The summed E-state index contributed by atoms with van der Waals surface area (Å²) in [6.45, 7) is 4.15. The number of nitrogens with zero attached hydrogens (tertiary/aromatic N) is 3. The zero-order chi connectivity index (χ0) is 18.4. The van der Waals surface area contributed by atoms with E-state index in [1.54, 1.807) is 6.08 Å². The molecule has 25 heavy (non-hydrogen) atoms. The first-order valence-electron chi connectivity index (χ1n) is 8.26. The molecule has 2 aromatic rings. The van der Waals surface area contributed by atoms with Crippen molar-refractivity contribution in [2.24, 2.45) is 0 Å². The van der Waals surface area contributed by atoms with Crippen LogP contribution in [0.3, 0.4) is 0 Å². The molecular formula is C18H21N3O4. The first kappa shape index (κ1) is 18.4. The topological polar surface area (TPSA) is 87.1 Å². The summed E-state index contributed by atoms with van der Waals surface area (Å²) in [7, 11) is 0. The predicted molar refractivity (Wildman–Crippen MR) is 97.6 cm³/mol. The van der Waals surface area contributed by atoms with Gasteiger partial charge in [0.05, 0.1) is 4.92 Å². The second-order valence-electron chi connectivity index (χ2n) is 5.63. The molecule has 1 heterocycles. The van der Waals surface area contributed by atoms with Gasteiger partial charge in [0, 0.05) is 13.1 Å². The molecule has 7 heteroatoms. The summed E-state index contributed by atoms with van der Waals surface area (Å²) in [6.07, 6.45) is 4.30. The molecule has 0 unspecified atom stereocenters. The van der Waals surface area contributed by atoms with Crippen molar-refractivity contribution < 1.29 is 4.92 Å². The van der Waals surface area contributed by atoms with Gasteiger partial charge in [-0.1, -0.05) is 50.3 Å². The van der Waals surface area contributed by atoms with Gasteiger partial charge in [0.25, 0.3) is 0 Å². The second kappa shape index (κ2) is 8.23. The predicted octanol–water partition coefficient (Wildman–Crippen LogP) is 2.91. The summed E-state index contributed by atoms with van der Waals surface area (Å²) in [5.41, 5.74) is -1.05. The van der Waals surface area contributed by atoms with Crippen LogP contribution in [0.4, 0.5) is 5.69 Å². The monoisotopic (exact) mass is 343 g/mol. The van der Waals surface area contributed by atoms with Crippen molar-refractivity contribution in [1.29, 1.82) is 0 Å². The van der Waals surface area contributed by atoms with Gasteiger partial charge in [-0.15, -0.1) is 0 Å². The van der Waals surface area contributed by atoms with E-state index in [0.29, 0.717) is 19.4 Å². The number of benzene rings is 1. The molecule has 0 amide bonds. The third-order valence-corrected chi connectivity index (χ3v) is 3.75. The quantitative estimate of drug-likeness (QED) is 0.571. The summed E-state index contributed by atoms with van der Waals surface area (Å²) >= 11 is 0. The molecule has 0 aliphatic carbocycles. The van der Waals surface area contributed by atoms with E-state index in [-0.39, 0.29) is 12.2 Å². The van der Waals surface area contributed by atoms with Gasteiger partial charge in [0.2, 0.25) is 0 Å². The largest absolute Gasteiger partial charge is 0.357 e. The molecule has 0 atom stereocenters. The Morgan fingerprint density at radius 1 is 1.00 bits per heavy atom. The van der Waals surface area contributed by atoms with Crippen LogP contribution in [0.25, 0.3) is 12.2 Å². The molecule has 0 bridgehead atoms. The highest BCUT2D eigenvalue weighted by atomic mass is 16.6. The van der Waals surface area contributed by atoms with Crippen LogP contribution in [-0.4, -0.2) is 14.1 Å². The summed E-state index contributed by atoms with van der Waals surface area (Å²) in [6, 6.07) is 9.21. The van der Waals surface area contributed by atoms with Crippen LogP contribution in [0.1, 0.15) is 37.9 Å². The Morgan fingerprint density at radius 2 is 1.60 bits per heavy atom. The van der Waals surface area contributed by atoms with Crippen LogP contribution >= 0.6 is 0 Å². The molecule has 0 spiro atoms. The minimum Gasteiger partial charge on any atom is -0.287 e. The van der Waals surface area contributed by atoms with Crippen LogP contribution < -0.4 is 11.2 Å². The molecule has 0 aliphatic rings. The molecule has 0 saturated carbocycles. The highest BCUT2D eigenvalue weighted by Gasteiger charge is 2.25. The van der Waals surface area contributed by atoms with E-state index < -0.39 is 21.9 Å². The van der Waals surface area contributed by atoms with E-state index in [0.717, 1.165) is 10.1 Å². The third-order valence-electron chi connectivity index (χ3n) is 3.75. The molecule has 0 fully saturated rings. The van der Waals surface area contributed by atoms with Crippen LogP contribution in [0.15, 0.2) is 39.9 Å². The van der Waals surface area contributed by atoms with Crippen LogP contribution in [0, 0.1) is 10.1 Å². The maximum atomic E-state index is 12.6. The smallest absolute Gasteiger partial charge is 0.287 e. The normalized spacial score (nSPS) is 11.1. The van der Waals surface area contributed by atoms with Crippen molar-refractivity contribution in [2.75, 3.05) is 0 Å². The summed E-state index contributed by atoms with van der Waals surface area (Å²) < 4.78 is 2.27. The van der Waals surface area contributed by atoms with E-state index in [1.165, 1.54) is 10.6 Å². The van der Waals surface area contributed by atoms with Crippen molar-refractivity contribution >= 4 is 17.8 Å². The maximum absolute atomic E-state index is 12.6. The fourth-order valence-electron chi connectivity index (χ4n) is 2.64. The Kier molecular flexibility index (Phi) is 6.05. The molecular weight excluding hydrogens is 322 g/mol. The lowest BCUT2D eigenvalue weighted by molar-refractivity contribution is -0.387. The second-order valence-corrected chi connectivity index (χ2v) is 5.63. The summed E-state index contributed by atoms with van der Waals surface area (Å²) in [5, 5.41) is 11.5. The van der Waals surface area contributed by atoms with Crippen molar-refractivity contribution in [1.82, 2.24) is 9.13 Å². The third kappa shape index (κ3) is 3.93. The lowest BCUT2D eigenvalue weighted by Crippen LogP contribution is -2.42. The van der Waals surface area contributed by atoms with Gasteiger partial charge in [0.15, 0.2) is 0 Å². The van der Waals surface area contributed by atoms with Gasteiger partial charge in [-0.2, -0.15) is 0 Å². The van der Waals surface area contributed by atoms with Crippen molar-refractivity contribution in [3.63, 3.8) is 0 Å². The van der Waals surface area contributed by atoms with Crippen molar-refractivity contribution in [3.05, 3.63) is 72.5 Å². The van der Waals surface area contributed by atoms with E-state index >= 15 is 0 Å². The molecule has 0 radical (unpaired) electrons. The van der Waals surface area contributed by atoms with Crippen molar-refractivity contribution in [2.45, 2.75) is 39.8 Å². The highest BCUT2D eigenvalue weighted by Crippen LogP contribution is 2.16. The minimum atomic E-state index is -0.850. The van der Waals surface area contributed by atoms with E-state index in [9.17, 15) is 19.7 Å². The number of hydrogen-bond donors (Lipinski definition) is 0. The van der Waals surface area contributed by atoms with Gasteiger partial charge >= 0.3 is 16.9 Å². The summed E-state index contributed by atoms with van der Waals surface area (Å²) in [4.78, 5) is 35.9. The van der Waals surface area contributed by atoms with Crippen molar-refractivity contribution in [3.8, 4) is 0 Å². The molecule has 7 nitrogen and oxygen atoms in total. The number of rotatable bonds is 7. The fraction of sp³-hybridized carbons (Fsp3) is 0.333.